The second-order valence-corrected chi connectivity index (χ2v) is 7.73. The number of morpholine rings is 1. The maximum atomic E-state index is 12.6. The van der Waals surface area contributed by atoms with E-state index in [1.807, 2.05) is 0 Å². The van der Waals surface area contributed by atoms with Crippen LogP contribution in [-0.2, 0) is 4.74 Å². The molecular formula is C19H36F3N5O. The van der Waals surface area contributed by atoms with Crippen LogP contribution < -0.4 is 10.6 Å². The molecule has 0 spiro atoms. The van der Waals surface area contributed by atoms with Crippen molar-refractivity contribution in [2.45, 2.75) is 51.4 Å². The molecule has 0 aromatic carbocycles. The molecule has 0 aromatic rings. The zero-order valence-corrected chi connectivity index (χ0v) is 17.4. The normalized spacial score (nSPS) is 24.0. The molecule has 0 aliphatic carbocycles. The summed E-state index contributed by atoms with van der Waals surface area (Å²) in [5.74, 6) is 1.25. The third-order valence-electron chi connectivity index (χ3n) is 5.83. The van der Waals surface area contributed by atoms with Crippen molar-refractivity contribution in [3.05, 3.63) is 0 Å². The summed E-state index contributed by atoms with van der Waals surface area (Å²) in [6.07, 6.45) is -1.23. The number of halogens is 3. The van der Waals surface area contributed by atoms with Gasteiger partial charge in [-0.05, 0) is 12.3 Å². The largest absolute Gasteiger partial charge is 0.401 e. The lowest BCUT2D eigenvalue weighted by molar-refractivity contribution is -0.143. The summed E-state index contributed by atoms with van der Waals surface area (Å²) in [7, 11) is 1.71. The Kier molecular flexibility index (Phi) is 9.30. The molecule has 2 aliphatic rings. The molecule has 2 atom stereocenters. The summed E-state index contributed by atoms with van der Waals surface area (Å²) in [5.41, 5.74) is 0. The number of alkyl halides is 3. The number of likely N-dealkylation sites (tertiary alicyclic amines) is 1. The van der Waals surface area contributed by atoms with Gasteiger partial charge in [-0.1, -0.05) is 26.7 Å². The summed E-state index contributed by atoms with van der Waals surface area (Å²) < 4.78 is 43.2. The van der Waals surface area contributed by atoms with E-state index in [1.54, 1.807) is 7.05 Å². The number of rotatable bonds is 8. The second kappa shape index (κ2) is 11.2. The highest BCUT2D eigenvalue weighted by atomic mass is 19.4. The topological polar surface area (TPSA) is 52.1 Å². The second-order valence-electron chi connectivity index (χ2n) is 7.73. The third-order valence-corrected chi connectivity index (χ3v) is 5.83. The predicted molar refractivity (Wildman–Crippen MR) is 106 cm³/mol. The molecule has 28 heavy (non-hydrogen) atoms. The van der Waals surface area contributed by atoms with Crippen molar-refractivity contribution in [1.29, 1.82) is 0 Å². The zero-order chi connectivity index (χ0) is 20.6. The molecule has 164 valence electrons. The Balaban J connectivity index is 1.86. The summed E-state index contributed by atoms with van der Waals surface area (Å²) >= 11 is 0. The Morgan fingerprint density at radius 2 is 1.86 bits per heavy atom. The van der Waals surface area contributed by atoms with E-state index < -0.39 is 12.7 Å². The van der Waals surface area contributed by atoms with Gasteiger partial charge in [-0.3, -0.25) is 14.8 Å². The molecular weight excluding hydrogens is 371 g/mol. The minimum absolute atomic E-state index is 0.0106. The number of nitrogens with zero attached hydrogens (tertiary/aromatic N) is 3. The van der Waals surface area contributed by atoms with Crippen LogP contribution in [0.5, 0.6) is 0 Å². The molecule has 2 rings (SSSR count). The number of aliphatic imine (C=N–C) groups is 1. The number of hydrogen-bond donors (Lipinski definition) is 2. The van der Waals surface area contributed by atoms with Gasteiger partial charge in [0.1, 0.15) is 0 Å². The summed E-state index contributed by atoms with van der Waals surface area (Å²) in [6.45, 7) is 8.62. The van der Waals surface area contributed by atoms with Crippen LogP contribution in [0.15, 0.2) is 4.99 Å². The van der Waals surface area contributed by atoms with E-state index in [9.17, 15) is 13.2 Å². The number of nitrogens with one attached hydrogen (secondary N) is 2. The van der Waals surface area contributed by atoms with E-state index in [0.29, 0.717) is 37.4 Å². The van der Waals surface area contributed by atoms with Gasteiger partial charge < -0.3 is 15.4 Å². The quantitative estimate of drug-likeness (QED) is 0.476. The van der Waals surface area contributed by atoms with Crippen molar-refractivity contribution in [2.75, 3.05) is 59.5 Å². The van der Waals surface area contributed by atoms with E-state index in [0.717, 1.165) is 45.7 Å². The first-order valence-electron chi connectivity index (χ1n) is 10.4. The maximum Gasteiger partial charge on any atom is 0.401 e. The molecule has 2 aliphatic heterocycles. The fourth-order valence-electron chi connectivity index (χ4n) is 4.27. The zero-order valence-electron chi connectivity index (χ0n) is 17.4. The third kappa shape index (κ3) is 7.40. The first-order chi connectivity index (χ1) is 13.4. The lowest BCUT2D eigenvalue weighted by Crippen LogP contribution is -2.54. The fraction of sp³-hybridized carbons (Fsp3) is 0.947. The van der Waals surface area contributed by atoms with Crippen molar-refractivity contribution < 1.29 is 17.9 Å². The van der Waals surface area contributed by atoms with E-state index in [-0.39, 0.29) is 6.04 Å². The summed E-state index contributed by atoms with van der Waals surface area (Å²) in [5, 5.41) is 6.72. The van der Waals surface area contributed by atoms with Gasteiger partial charge >= 0.3 is 6.18 Å². The SMILES string of the molecule is CCC(CC)C(CNC(=NC)NC1CCN(CC(F)(F)F)C1)N1CCOCC1. The van der Waals surface area contributed by atoms with Crippen molar-refractivity contribution in [1.82, 2.24) is 20.4 Å². The number of ether oxygens (including phenoxy) is 1. The number of guanidine groups is 1. The Bertz CT molecular complexity index is 479. The van der Waals surface area contributed by atoms with Gasteiger partial charge in [-0.15, -0.1) is 0 Å². The highest BCUT2D eigenvalue weighted by Crippen LogP contribution is 2.21. The van der Waals surface area contributed by atoms with Gasteiger partial charge in [0.25, 0.3) is 0 Å². The van der Waals surface area contributed by atoms with Crippen LogP contribution in [0.25, 0.3) is 0 Å². The van der Waals surface area contributed by atoms with Crippen LogP contribution in [0.4, 0.5) is 13.2 Å². The Hall–Kier alpha value is -1.06. The average Bonchev–Trinajstić information content (AvgIpc) is 3.09. The molecule has 2 heterocycles. The van der Waals surface area contributed by atoms with E-state index in [2.05, 4.69) is 34.4 Å². The van der Waals surface area contributed by atoms with Gasteiger partial charge in [-0.2, -0.15) is 13.2 Å². The molecule has 0 radical (unpaired) electrons. The molecule has 0 aromatic heterocycles. The lowest BCUT2D eigenvalue weighted by Gasteiger charge is -2.39. The van der Waals surface area contributed by atoms with Gasteiger partial charge in [-0.25, -0.2) is 0 Å². The minimum Gasteiger partial charge on any atom is -0.379 e. The van der Waals surface area contributed by atoms with E-state index in [1.165, 1.54) is 4.90 Å². The standard InChI is InChI=1S/C19H36F3N5O/c1-4-15(5-2)17(27-8-10-28-11-9-27)12-24-18(23-3)25-16-6-7-26(13-16)14-19(20,21)22/h15-17H,4-14H2,1-3H3,(H2,23,24,25). The Morgan fingerprint density at radius 3 is 2.43 bits per heavy atom. The maximum absolute atomic E-state index is 12.6. The Labute approximate surface area is 166 Å². The van der Waals surface area contributed by atoms with E-state index >= 15 is 0 Å². The monoisotopic (exact) mass is 407 g/mol. The van der Waals surface area contributed by atoms with Crippen LogP contribution in [0, 0.1) is 5.92 Å². The van der Waals surface area contributed by atoms with Crippen LogP contribution in [0.2, 0.25) is 0 Å². The summed E-state index contributed by atoms with van der Waals surface area (Å²) in [4.78, 5) is 8.23. The smallest absolute Gasteiger partial charge is 0.379 e. The van der Waals surface area contributed by atoms with E-state index in [4.69, 9.17) is 4.74 Å². The average molecular weight is 408 g/mol. The van der Waals surface area contributed by atoms with Gasteiger partial charge in [0, 0.05) is 51.9 Å². The predicted octanol–water partition coefficient (Wildman–Crippen LogP) is 1.93. The van der Waals surface area contributed by atoms with Crippen molar-refractivity contribution >= 4 is 5.96 Å². The van der Waals surface area contributed by atoms with Crippen LogP contribution in [0.1, 0.15) is 33.1 Å². The van der Waals surface area contributed by atoms with Gasteiger partial charge in [0.05, 0.1) is 19.8 Å². The van der Waals surface area contributed by atoms with Crippen LogP contribution in [-0.4, -0.2) is 93.5 Å². The highest BCUT2D eigenvalue weighted by molar-refractivity contribution is 5.80. The molecule has 2 saturated heterocycles. The first-order valence-corrected chi connectivity index (χ1v) is 10.4. The minimum atomic E-state index is -4.14. The Morgan fingerprint density at radius 1 is 1.18 bits per heavy atom. The van der Waals surface area contributed by atoms with Gasteiger partial charge in [0.15, 0.2) is 5.96 Å². The fourth-order valence-corrected chi connectivity index (χ4v) is 4.27. The van der Waals surface area contributed by atoms with Crippen LogP contribution >= 0.6 is 0 Å². The molecule has 2 unspecified atom stereocenters. The van der Waals surface area contributed by atoms with Crippen LogP contribution in [0.3, 0.4) is 0 Å². The lowest BCUT2D eigenvalue weighted by atomic mass is 9.92. The molecule has 0 amide bonds. The highest BCUT2D eigenvalue weighted by Gasteiger charge is 2.34. The molecule has 2 fully saturated rings. The molecule has 0 saturated carbocycles. The van der Waals surface area contributed by atoms with Crippen molar-refractivity contribution in [2.24, 2.45) is 10.9 Å². The molecule has 9 heteroatoms. The first kappa shape index (κ1) is 23.2. The summed E-state index contributed by atoms with van der Waals surface area (Å²) in [6, 6.07) is 0.381. The van der Waals surface area contributed by atoms with Crippen molar-refractivity contribution in [3.63, 3.8) is 0 Å². The molecule has 0 bridgehead atoms. The molecule has 2 N–H and O–H groups in total. The van der Waals surface area contributed by atoms with Crippen molar-refractivity contribution in [3.8, 4) is 0 Å². The van der Waals surface area contributed by atoms with Gasteiger partial charge in [0.2, 0.25) is 0 Å². The molecule has 6 nitrogen and oxygen atoms in total. The number of hydrogen-bond acceptors (Lipinski definition) is 4.